The van der Waals surface area contributed by atoms with Gasteiger partial charge in [0.15, 0.2) is 5.82 Å². The lowest BCUT2D eigenvalue weighted by molar-refractivity contribution is -0.137. The predicted molar refractivity (Wildman–Crippen MR) is 117 cm³/mol. The monoisotopic (exact) mass is 446 g/mol. The van der Waals surface area contributed by atoms with Crippen molar-refractivity contribution in [3.63, 3.8) is 0 Å². The molecule has 1 fully saturated rings. The van der Waals surface area contributed by atoms with E-state index in [2.05, 4.69) is 15.8 Å². The summed E-state index contributed by atoms with van der Waals surface area (Å²) in [4.78, 5) is 39.9. The minimum atomic E-state index is -0.674. The van der Waals surface area contributed by atoms with Gasteiger partial charge in [-0.3, -0.25) is 14.4 Å². The van der Waals surface area contributed by atoms with Gasteiger partial charge in [-0.15, -0.1) is 0 Å². The van der Waals surface area contributed by atoms with Crippen LogP contribution in [-0.4, -0.2) is 46.9 Å². The number of hydrogen-bond acceptors (Lipinski definition) is 5. The summed E-state index contributed by atoms with van der Waals surface area (Å²) in [6.07, 6.45) is 1.08. The fourth-order valence-corrected chi connectivity index (χ4v) is 3.81. The van der Waals surface area contributed by atoms with Crippen LogP contribution in [0.2, 0.25) is 5.02 Å². The third-order valence-corrected chi connectivity index (χ3v) is 5.72. The molecule has 31 heavy (non-hydrogen) atoms. The molecule has 1 aromatic carbocycles. The standard InChI is InChI=1S/C22H27ClN4O4/c1-13(2)19(25-21(29)16-6-4-5-7-17(16)23)22(30)27-10-8-15(9-11-27)20(28)24-18-12-14(3)31-26-18/h4-7,12-13,15,19H,8-11H2,1-3H3,(H,25,29)(H,24,26,28). The maximum Gasteiger partial charge on any atom is 0.253 e. The largest absolute Gasteiger partial charge is 0.360 e. The van der Waals surface area contributed by atoms with Crippen molar-refractivity contribution >= 4 is 35.1 Å². The number of benzene rings is 1. The van der Waals surface area contributed by atoms with Crippen molar-refractivity contribution in [1.82, 2.24) is 15.4 Å². The molecule has 0 aliphatic carbocycles. The molecule has 166 valence electrons. The number of amides is 3. The molecule has 1 aromatic heterocycles. The molecule has 0 radical (unpaired) electrons. The van der Waals surface area contributed by atoms with Crippen LogP contribution in [0.5, 0.6) is 0 Å². The highest BCUT2D eigenvalue weighted by Crippen LogP contribution is 2.22. The lowest BCUT2D eigenvalue weighted by atomic mass is 9.94. The van der Waals surface area contributed by atoms with Crippen LogP contribution in [0.25, 0.3) is 0 Å². The van der Waals surface area contributed by atoms with E-state index in [-0.39, 0.29) is 29.6 Å². The average Bonchev–Trinajstić information content (AvgIpc) is 3.16. The molecule has 3 rings (SSSR count). The third kappa shape index (κ3) is 5.64. The molecule has 0 spiro atoms. The molecule has 1 unspecified atom stereocenters. The molecule has 1 atom stereocenters. The number of hydrogen-bond donors (Lipinski definition) is 2. The first-order valence-corrected chi connectivity index (χ1v) is 10.7. The van der Waals surface area contributed by atoms with E-state index in [1.54, 1.807) is 42.2 Å². The summed E-state index contributed by atoms with van der Waals surface area (Å²) in [7, 11) is 0. The second kappa shape index (κ2) is 9.96. The molecule has 2 heterocycles. The van der Waals surface area contributed by atoms with Crippen molar-refractivity contribution < 1.29 is 18.9 Å². The highest BCUT2D eigenvalue weighted by molar-refractivity contribution is 6.33. The average molecular weight is 447 g/mol. The number of rotatable bonds is 6. The van der Waals surface area contributed by atoms with Crippen molar-refractivity contribution in [2.45, 2.75) is 39.7 Å². The Balaban J connectivity index is 1.57. The Labute approximate surface area is 186 Å². The quantitative estimate of drug-likeness (QED) is 0.708. The zero-order valence-corrected chi connectivity index (χ0v) is 18.6. The first kappa shape index (κ1) is 22.8. The van der Waals surface area contributed by atoms with Crippen LogP contribution in [0.3, 0.4) is 0 Å². The van der Waals surface area contributed by atoms with Gasteiger partial charge in [-0.25, -0.2) is 0 Å². The molecule has 0 saturated carbocycles. The van der Waals surface area contributed by atoms with Crippen molar-refractivity contribution in [2.24, 2.45) is 11.8 Å². The van der Waals surface area contributed by atoms with E-state index in [0.29, 0.717) is 48.1 Å². The second-order valence-electron chi connectivity index (χ2n) is 8.09. The van der Waals surface area contributed by atoms with Crippen LogP contribution < -0.4 is 10.6 Å². The number of aromatic nitrogens is 1. The van der Waals surface area contributed by atoms with Gasteiger partial charge in [0.1, 0.15) is 11.8 Å². The molecular formula is C22H27ClN4O4. The molecule has 2 aromatic rings. The maximum atomic E-state index is 13.1. The number of halogens is 1. The number of anilines is 1. The van der Waals surface area contributed by atoms with Gasteiger partial charge in [0.05, 0.1) is 10.6 Å². The topological polar surface area (TPSA) is 105 Å². The lowest BCUT2D eigenvalue weighted by Crippen LogP contribution is -2.53. The Morgan fingerprint density at radius 3 is 2.45 bits per heavy atom. The van der Waals surface area contributed by atoms with E-state index < -0.39 is 6.04 Å². The highest BCUT2D eigenvalue weighted by Gasteiger charge is 2.33. The van der Waals surface area contributed by atoms with Crippen LogP contribution in [0, 0.1) is 18.8 Å². The highest BCUT2D eigenvalue weighted by atomic mass is 35.5. The summed E-state index contributed by atoms with van der Waals surface area (Å²) in [5.74, 6) is 0.0353. The Kier molecular flexibility index (Phi) is 7.33. The molecule has 8 nitrogen and oxygen atoms in total. The first-order valence-electron chi connectivity index (χ1n) is 10.3. The van der Waals surface area contributed by atoms with Gasteiger partial charge in [0.2, 0.25) is 11.8 Å². The van der Waals surface area contributed by atoms with Crippen molar-refractivity contribution in [2.75, 3.05) is 18.4 Å². The summed E-state index contributed by atoms with van der Waals surface area (Å²) in [6, 6.07) is 7.72. The van der Waals surface area contributed by atoms with Gasteiger partial charge in [-0.1, -0.05) is 42.7 Å². The van der Waals surface area contributed by atoms with Gasteiger partial charge >= 0.3 is 0 Å². The molecule has 1 aliphatic heterocycles. The van der Waals surface area contributed by atoms with Gasteiger partial charge < -0.3 is 20.1 Å². The second-order valence-corrected chi connectivity index (χ2v) is 8.49. The maximum absolute atomic E-state index is 13.1. The number of carbonyl (C=O) groups excluding carboxylic acids is 3. The molecule has 1 saturated heterocycles. The smallest absolute Gasteiger partial charge is 0.253 e. The van der Waals surface area contributed by atoms with Crippen molar-refractivity contribution in [1.29, 1.82) is 0 Å². The minimum Gasteiger partial charge on any atom is -0.360 e. The number of nitrogens with zero attached hydrogens (tertiary/aromatic N) is 2. The predicted octanol–water partition coefficient (Wildman–Crippen LogP) is 3.27. The summed E-state index contributed by atoms with van der Waals surface area (Å²) in [5.41, 5.74) is 0.334. The van der Waals surface area contributed by atoms with Crippen LogP contribution in [0.15, 0.2) is 34.9 Å². The summed E-state index contributed by atoms with van der Waals surface area (Å²) in [6.45, 7) is 6.41. The van der Waals surface area contributed by atoms with Crippen molar-refractivity contribution in [3.8, 4) is 0 Å². The van der Waals surface area contributed by atoms with E-state index in [9.17, 15) is 14.4 Å². The summed E-state index contributed by atoms with van der Waals surface area (Å²) < 4.78 is 4.96. The number of piperidine rings is 1. The molecule has 3 amide bonds. The van der Waals surface area contributed by atoms with Gasteiger partial charge in [-0.2, -0.15) is 0 Å². The third-order valence-electron chi connectivity index (χ3n) is 5.39. The molecular weight excluding hydrogens is 420 g/mol. The van der Waals surface area contributed by atoms with Crippen LogP contribution in [0.1, 0.15) is 42.8 Å². The first-order chi connectivity index (χ1) is 14.8. The number of aryl methyl sites for hydroxylation is 1. The van der Waals surface area contributed by atoms with Crippen molar-refractivity contribution in [3.05, 3.63) is 46.7 Å². The van der Waals surface area contributed by atoms with E-state index in [0.717, 1.165) is 0 Å². The Morgan fingerprint density at radius 1 is 1.19 bits per heavy atom. The summed E-state index contributed by atoms with van der Waals surface area (Å²) >= 11 is 6.11. The van der Waals surface area contributed by atoms with E-state index in [4.69, 9.17) is 16.1 Å². The fraction of sp³-hybridized carbons (Fsp3) is 0.455. The Hall–Kier alpha value is -2.87. The van der Waals surface area contributed by atoms with Crippen LogP contribution in [-0.2, 0) is 9.59 Å². The normalized spacial score (nSPS) is 15.6. The molecule has 1 aliphatic rings. The van der Waals surface area contributed by atoms with Crippen LogP contribution in [0.4, 0.5) is 5.82 Å². The fourth-order valence-electron chi connectivity index (χ4n) is 3.59. The molecule has 9 heteroatoms. The number of nitrogens with one attached hydrogen (secondary N) is 2. The van der Waals surface area contributed by atoms with Gasteiger partial charge in [-0.05, 0) is 37.8 Å². The summed E-state index contributed by atoms with van der Waals surface area (Å²) in [5, 5.41) is 9.69. The Bertz CT molecular complexity index is 950. The van der Waals surface area contributed by atoms with E-state index in [1.165, 1.54) is 0 Å². The Morgan fingerprint density at radius 2 is 1.87 bits per heavy atom. The minimum absolute atomic E-state index is 0.102. The van der Waals surface area contributed by atoms with Crippen LogP contribution >= 0.6 is 11.6 Å². The van der Waals surface area contributed by atoms with E-state index in [1.807, 2.05) is 13.8 Å². The lowest BCUT2D eigenvalue weighted by Gasteiger charge is -2.35. The number of carbonyl (C=O) groups is 3. The van der Waals surface area contributed by atoms with E-state index >= 15 is 0 Å². The number of likely N-dealkylation sites (tertiary alicyclic amines) is 1. The zero-order valence-electron chi connectivity index (χ0n) is 17.9. The molecule has 0 bridgehead atoms. The SMILES string of the molecule is Cc1cc(NC(=O)C2CCN(C(=O)C(NC(=O)c3ccccc3Cl)C(C)C)CC2)no1. The molecule has 2 N–H and O–H groups in total. The zero-order chi connectivity index (χ0) is 22.5. The van der Waals surface area contributed by atoms with Gasteiger partial charge in [0, 0.05) is 25.1 Å². The van der Waals surface area contributed by atoms with Gasteiger partial charge in [0.25, 0.3) is 5.91 Å².